The van der Waals surface area contributed by atoms with Crippen LogP contribution in [0.25, 0.3) is 0 Å². The van der Waals surface area contributed by atoms with Gasteiger partial charge in [-0.1, -0.05) is 75.3 Å². The van der Waals surface area contributed by atoms with E-state index in [2.05, 4.69) is 38.1 Å². The summed E-state index contributed by atoms with van der Waals surface area (Å²) in [5, 5.41) is 0. The molecule has 0 radical (unpaired) electrons. The van der Waals surface area contributed by atoms with Crippen LogP contribution in [0.1, 0.15) is 63.0 Å². The lowest BCUT2D eigenvalue weighted by atomic mass is 9.78. The van der Waals surface area contributed by atoms with Gasteiger partial charge >= 0.3 is 0 Å². The fourth-order valence-electron chi connectivity index (χ4n) is 3.34. The molecular formula is C18H28. The Morgan fingerprint density at radius 1 is 0.889 bits per heavy atom. The minimum absolute atomic E-state index is 0.999. The van der Waals surface area contributed by atoms with E-state index >= 15 is 0 Å². The number of rotatable bonds is 5. The quantitative estimate of drug-likeness (QED) is 0.638. The number of benzene rings is 1. The van der Waals surface area contributed by atoms with Crippen LogP contribution in [0.15, 0.2) is 24.3 Å². The van der Waals surface area contributed by atoms with Crippen molar-refractivity contribution in [3.05, 3.63) is 35.4 Å². The highest BCUT2D eigenvalue weighted by molar-refractivity contribution is 5.21. The van der Waals surface area contributed by atoms with Gasteiger partial charge in [0.1, 0.15) is 0 Å². The highest BCUT2D eigenvalue weighted by Gasteiger charge is 2.20. The van der Waals surface area contributed by atoms with Gasteiger partial charge < -0.3 is 0 Å². The first-order valence-corrected chi connectivity index (χ1v) is 7.83. The number of hydrogen-bond donors (Lipinski definition) is 0. The summed E-state index contributed by atoms with van der Waals surface area (Å²) in [4.78, 5) is 0. The molecule has 0 amide bonds. The van der Waals surface area contributed by atoms with E-state index in [9.17, 15) is 0 Å². The summed E-state index contributed by atoms with van der Waals surface area (Å²) >= 11 is 0. The van der Waals surface area contributed by atoms with E-state index < -0.39 is 0 Å². The number of hydrogen-bond acceptors (Lipinski definition) is 0. The normalized spacial score (nSPS) is 24.1. The molecular weight excluding hydrogens is 216 g/mol. The van der Waals surface area contributed by atoms with Crippen molar-refractivity contribution < 1.29 is 0 Å². The van der Waals surface area contributed by atoms with Crippen LogP contribution >= 0.6 is 0 Å². The highest BCUT2D eigenvalue weighted by atomic mass is 14.3. The lowest BCUT2D eigenvalue weighted by molar-refractivity contribution is 0.252. The van der Waals surface area contributed by atoms with Crippen LogP contribution in [0.2, 0.25) is 0 Å². The van der Waals surface area contributed by atoms with Crippen molar-refractivity contribution in [1.82, 2.24) is 0 Å². The van der Waals surface area contributed by atoms with E-state index in [1.165, 1.54) is 62.5 Å². The van der Waals surface area contributed by atoms with Gasteiger partial charge in [0, 0.05) is 0 Å². The van der Waals surface area contributed by atoms with E-state index in [1.807, 2.05) is 0 Å². The highest BCUT2D eigenvalue weighted by Crippen LogP contribution is 2.33. The standard InChI is InChI=1S/C18H28/c1-3-4-16-9-11-18(12-10-16)14-13-17-7-5-15(2)6-8-17/h5-8,16,18H,3-4,9-14H2,1-2H3. The topological polar surface area (TPSA) is 0 Å². The molecule has 1 saturated carbocycles. The summed E-state index contributed by atoms with van der Waals surface area (Å²) in [5.41, 5.74) is 2.90. The summed E-state index contributed by atoms with van der Waals surface area (Å²) in [6.07, 6.45) is 11.5. The summed E-state index contributed by atoms with van der Waals surface area (Å²) in [7, 11) is 0. The molecule has 0 heteroatoms. The van der Waals surface area contributed by atoms with Crippen molar-refractivity contribution >= 4 is 0 Å². The molecule has 0 unspecified atom stereocenters. The van der Waals surface area contributed by atoms with Crippen molar-refractivity contribution in [1.29, 1.82) is 0 Å². The zero-order valence-corrected chi connectivity index (χ0v) is 12.1. The smallest absolute Gasteiger partial charge is 0.0276 e. The first kappa shape index (κ1) is 13.6. The Kier molecular flexibility index (Phi) is 5.28. The van der Waals surface area contributed by atoms with E-state index in [0.717, 1.165) is 11.8 Å². The molecule has 18 heavy (non-hydrogen) atoms. The fourth-order valence-corrected chi connectivity index (χ4v) is 3.34. The van der Waals surface area contributed by atoms with Crippen molar-refractivity contribution in [2.75, 3.05) is 0 Å². The van der Waals surface area contributed by atoms with Crippen molar-refractivity contribution in [3.63, 3.8) is 0 Å². The van der Waals surface area contributed by atoms with Gasteiger partial charge in [0.15, 0.2) is 0 Å². The van der Waals surface area contributed by atoms with Gasteiger partial charge in [0.05, 0.1) is 0 Å². The molecule has 2 rings (SSSR count). The third-order valence-corrected chi connectivity index (χ3v) is 4.63. The predicted octanol–water partition coefficient (Wildman–Crippen LogP) is 5.53. The summed E-state index contributed by atoms with van der Waals surface area (Å²) in [6.45, 7) is 4.49. The third-order valence-electron chi connectivity index (χ3n) is 4.63. The second kappa shape index (κ2) is 6.97. The Labute approximate surface area is 113 Å². The Hall–Kier alpha value is -0.780. The van der Waals surface area contributed by atoms with Gasteiger partial charge in [-0.25, -0.2) is 0 Å². The van der Waals surface area contributed by atoms with Crippen molar-refractivity contribution in [3.8, 4) is 0 Å². The number of aryl methyl sites for hydroxylation is 2. The Bertz CT molecular complexity index is 328. The molecule has 1 aromatic rings. The molecule has 0 atom stereocenters. The summed E-state index contributed by atoms with van der Waals surface area (Å²) < 4.78 is 0. The van der Waals surface area contributed by atoms with Crippen LogP contribution < -0.4 is 0 Å². The van der Waals surface area contributed by atoms with E-state index in [0.29, 0.717) is 0 Å². The molecule has 100 valence electrons. The van der Waals surface area contributed by atoms with Crippen LogP contribution in [-0.2, 0) is 6.42 Å². The first-order chi connectivity index (χ1) is 8.78. The average molecular weight is 244 g/mol. The molecule has 0 nitrogen and oxygen atoms in total. The molecule has 0 heterocycles. The Morgan fingerprint density at radius 2 is 1.44 bits per heavy atom. The molecule has 0 bridgehead atoms. The SMILES string of the molecule is CCCC1CCC(CCc2ccc(C)cc2)CC1. The maximum Gasteiger partial charge on any atom is -0.0276 e. The second-order valence-electron chi connectivity index (χ2n) is 6.20. The average Bonchev–Trinajstić information content (AvgIpc) is 2.40. The second-order valence-corrected chi connectivity index (χ2v) is 6.20. The molecule has 1 aromatic carbocycles. The van der Waals surface area contributed by atoms with Gasteiger partial charge in [0.2, 0.25) is 0 Å². The van der Waals surface area contributed by atoms with Gasteiger partial charge in [-0.05, 0) is 37.2 Å². The molecule has 0 saturated heterocycles. The van der Waals surface area contributed by atoms with Gasteiger partial charge in [-0.15, -0.1) is 0 Å². The molecule has 0 N–H and O–H groups in total. The lowest BCUT2D eigenvalue weighted by Crippen LogP contribution is -2.15. The molecule has 1 aliphatic carbocycles. The van der Waals surface area contributed by atoms with E-state index in [-0.39, 0.29) is 0 Å². The van der Waals surface area contributed by atoms with Crippen molar-refractivity contribution in [2.24, 2.45) is 11.8 Å². The first-order valence-electron chi connectivity index (χ1n) is 7.83. The van der Waals surface area contributed by atoms with Crippen molar-refractivity contribution in [2.45, 2.75) is 65.2 Å². The van der Waals surface area contributed by atoms with E-state index in [1.54, 1.807) is 0 Å². The molecule has 0 aliphatic heterocycles. The monoisotopic (exact) mass is 244 g/mol. The van der Waals surface area contributed by atoms with Crippen LogP contribution in [0.4, 0.5) is 0 Å². The maximum atomic E-state index is 2.32. The van der Waals surface area contributed by atoms with Crippen LogP contribution in [-0.4, -0.2) is 0 Å². The molecule has 0 aromatic heterocycles. The van der Waals surface area contributed by atoms with Crippen LogP contribution in [0.3, 0.4) is 0 Å². The summed E-state index contributed by atoms with van der Waals surface area (Å²) in [6, 6.07) is 9.09. The minimum Gasteiger partial charge on any atom is -0.0654 e. The lowest BCUT2D eigenvalue weighted by Gasteiger charge is -2.28. The zero-order valence-electron chi connectivity index (χ0n) is 12.1. The van der Waals surface area contributed by atoms with Gasteiger partial charge in [0.25, 0.3) is 0 Å². The molecule has 1 fully saturated rings. The van der Waals surface area contributed by atoms with Gasteiger partial charge in [-0.2, -0.15) is 0 Å². The minimum atomic E-state index is 0.999. The predicted molar refractivity (Wildman–Crippen MR) is 79.9 cm³/mol. The third kappa shape index (κ3) is 4.15. The Balaban J connectivity index is 1.70. The molecule has 0 spiro atoms. The summed E-state index contributed by atoms with van der Waals surface area (Å²) in [5.74, 6) is 2.05. The largest absolute Gasteiger partial charge is 0.0654 e. The fraction of sp³-hybridized carbons (Fsp3) is 0.667. The van der Waals surface area contributed by atoms with Gasteiger partial charge in [-0.3, -0.25) is 0 Å². The molecule has 1 aliphatic rings. The van der Waals surface area contributed by atoms with Crippen LogP contribution in [0.5, 0.6) is 0 Å². The van der Waals surface area contributed by atoms with E-state index in [4.69, 9.17) is 0 Å². The Morgan fingerprint density at radius 3 is 2.00 bits per heavy atom. The maximum absolute atomic E-state index is 2.32. The zero-order chi connectivity index (χ0) is 12.8. The van der Waals surface area contributed by atoms with Crippen LogP contribution in [0, 0.1) is 18.8 Å².